The predicted octanol–water partition coefficient (Wildman–Crippen LogP) is -0.938. The molecule has 1 unspecified atom stereocenters. The molecule has 0 bridgehead atoms. The van der Waals surface area contributed by atoms with E-state index in [1.54, 1.807) is 11.8 Å². The number of rotatable bonds is 2. The Morgan fingerprint density at radius 2 is 2.50 bits per heavy atom. The highest BCUT2D eigenvalue weighted by molar-refractivity contribution is 7.99. The minimum atomic E-state index is -0.493. The van der Waals surface area contributed by atoms with E-state index in [4.69, 9.17) is 5.73 Å². The number of carbonyl (C=O) groups excluding carboxylic acids is 2. The maximum atomic E-state index is 11.6. The van der Waals surface area contributed by atoms with Crippen molar-refractivity contribution < 1.29 is 14.3 Å². The van der Waals surface area contributed by atoms with Crippen molar-refractivity contribution >= 4 is 23.6 Å². The summed E-state index contributed by atoms with van der Waals surface area (Å²) in [5.74, 6) is 0.866. The number of ether oxygens (including phenoxy) is 1. The molecule has 1 aliphatic rings. The molecule has 1 heterocycles. The lowest BCUT2D eigenvalue weighted by Crippen LogP contribution is -2.46. The molecule has 1 rings (SSSR count). The lowest BCUT2D eigenvalue weighted by molar-refractivity contribution is -0.147. The van der Waals surface area contributed by atoms with E-state index in [0.717, 1.165) is 5.75 Å². The number of hydrogen-bond donors (Lipinski definition) is 1. The largest absolute Gasteiger partial charge is 0.468 e. The van der Waals surface area contributed by atoms with Gasteiger partial charge in [-0.05, 0) is 0 Å². The van der Waals surface area contributed by atoms with Crippen LogP contribution < -0.4 is 5.73 Å². The van der Waals surface area contributed by atoms with Gasteiger partial charge in [-0.1, -0.05) is 0 Å². The van der Waals surface area contributed by atoms with E-state index in [0.29, 0.717) is 12.3 Å². The predicted molar refractivity (Wildman–Crippen MR) is 53.9 cm³/mol. The molecule has 0 spiro atoms. The van der Waals surface area contributed by atoms with Crippen LogP contribution in [0.25, 0.3) is 0 Å². The Kier molecular flexibility index (Phi) is 4.21. The number of esters is 1. The Balaban J connectivity index is 2.56. The van der Waals surface area contributed by atoms with Crippen molar-refractivity contribution in [2.75, 3.05) is 31.7 Å². The summed E-state index contributed by atoms with van der Waals surface area (Å²) in [6.07, 6.45) is 0. The fourth-order valence-corrected chi connectivity index (χ4v) is 2.09. The van der Waals surface area contributed by atoms with E-state index in [2.05, 4.69) is 4.74 Å². The van der Waals surface area contributed by atoms with Gasteiger partial charge in [0.05, 0.1) is 13.2 Å². The van der Waals surface area contributed by atoms with Gasteiger partial charge >= 0.3 is 5.97 Å². The number of carbonyl (C=O) groups is 2. The smallest absolute Gasteiger partial charge is 0.325 e. The average Bonchev–Trinajstić information content (AvgIpc) is 2.33. The third-order valence-electron chi connectivity index (χ3n) is 1.98. The minimum absolute atomic E-state index is 0.00356. The summed E-state index contributed by atoms with van der Waals surface area (Å²) in [4.78, 5) is 24.0. The van der Waals surface area contributed by atoms with E-state index in [9.17, 15) is 9.59 Å². The van der Waals surface area contributed by atoms with Gasteiger partial charge in [0.2, 0.25) is 5.91 Å². The zero-order chi connectivity index (χ0) is 10.6. The highest BCUT2D eigenvalue weighted by atomic mass is 32.2. The van der Waals surface area contributed by atoms with E-state index in [1.807, 2.05) is 0 Å². The van der Waals surface area contributed by atoms with Crippen molar-refractivity contribution in [3.63, 3.8) is 0 Å². The van der Waals surface area contributed by atoms with Crippen LogP contribution in [0.3, 0.4) is 0 Å². The normalized spacial score (nSPS) is 23.1. The van der Waals surface area contributed by atoms with E-state index >= 15 is 0 Å². The van der Waals surface area contributed by atoms with Gasteiger partial charge in [0.25, 0.3) is 0 Å². The first-order valence-electron chi connectivity index (χ1n) is 4.34. The van der Waals surface area contributed by atoms with Crippen molar-refractivity contribution in [3.8, 4) is 0 Å². The molecule has 1 atom stereocenters. The summed E-state index contributed by atoms with van der Waals surface area (Å²) in [7, 11) is 1.30. The van der Waals surface area contributed by atoms with Crippen LogP contribution in [0.1, 0.15) is 0 Å². The van der Waals surface area contributed by atoms with E-state index in [1.165, 1.54) is 12.0 Å². The Morgan fingerprint density at radius 1 is 1.79 bits per heavy atom. The average molecular weight is 218 g/mol. The maximum Gasteiger partial charge on any atom is 0.325 e. The minimum Gasteiger partial charge on any atom is -0.468 e. The molecule has 14 heavy (non-hydrogen) atoms. The molecule has 0 saturated carbocycles. The van der Waals surface area contributed by atoms with Crippen LogP contribution in [0.15, 0.2) is 0 Å². The monoisotopic (exact) mass is 218 g/mol. The molecule has 0 aromatic heterocycles. The molecule has 1 aliphatic heterocycles. The summed E-state index contributed by atoms with van der Waals surface area (Å²) in [6.45, 7) is 0.565. The molecule has 0 aromatic carbocycles. The zero-order valence-corrected chi connectivity index (χ0v) is 8.88. The highest BCUT2D eigenvalue weighted by Crippen LogP contribution is 2.10. The molecular formula is C8H14N2O3S. The van der Waals surface area contributed by atoms with Gasteiger partial charge in [-0.3, -0.25) is 9.59 Å². The van der Waals surface area contributed by atoms with Gasteiger partial charge in [-0.25, -0.2) is 0 Å². The molecule has 80 valence electrons. The number of thioether (sulfide) groups is 1. The number of methoxy groups -OCH3 is 1. The van der Waals surface area contributed by atoms with E-state index in [-0.39, 0.29) is 12.5 Å². The third kappa shape index (κ3) is 2.88. The van der Waals surface area contributed by atoms with Gasteiger partial charge in [0.1, 0.15) is 6.54 Å². The van der Waals surface area contributed by atoms with Crippen molar-refractivity contribution in [2.45, 2.75) is 6.04 Å². The van der Waals surface area contributed by atoms with Crippen LogP contribution >= 0.6 is 11.8 Å². The molecule has 6 heteroatoms. The Morgan fingerprint density at radius 3 is 3.14 bits per heavy atom. The van der Waals surface area contributed by atoms with E-state index < -0.39 is 12.0 Å². The second kappa shape index (κ2) is 5.21. The molecule has 5 nitrogen and oxygen atoms in total. The zero-order valence-electron chi connectivity index (χ0n) is 8.06. The SMILES string of the molecule is COC(=O)CN1CCSCC(N)C1=O. The van der Waals surface area contributed by atoms with Crippen LogP contribution in [0.5, 0.6) is 0 Å². The summed E-state index contributed by atoms with van der Waals surface area (Å²) < 4.78 is 4.50. The van der Waals surface area contributed by atoms with Gasteiger partial charge in [0, 0.05) is 18.1 Å². The fourth-order valence-electron chi connectivity index (χ4n) is 1.18. The van der Waals surface area contributed by atoms with Crippen molar-refractivity contribution in [1.29, 1.82) is 0 Å². The number of nitrogens with two attached hydrogens (primary N) is 1. The maximum absolute atomic E-state index is 11.6. The highest BCUT2D eigenvalue weighted by Gasteiger charge is 2.25. The molecule has 0 radical (unpaired) electrons. The summed E-state index contributed by atoms with van der Waals surface area (Å²) in [6, 6.07) is -0.493. The third-order valence-corrected chi connectivity index (χ3v) is 3.05. The first kappa shape index (κ1) is 11.3. The van der Waals surface area contributed by atoms with Crippen molar-refractivity contribution in [3.05, 3.63) is 0 Å². The second-order valence-corrected chi connectivity index (χ2v) is 4.17. The Hall–Kier alpha value is -0.750. The van der Waals surface area contributed by atoms with Crippen LogP contribution in [-0.4, -0.2) is 54.5 Å². The quantitative estimate of drug-likeness (QED) is 0.606. The lowest BCUT2D eigenvalue weighted by atomic mass is 10.3. The first-order chi connectivity index (χ1) is 6.65. The van der Waals surface area contributed by atoms with Gasteiger partial charge in [-0.15, -0.1) is 0 Å². The molecule has 2 N–H and O–H groups in total. The lowest BCUT2D eigenvalue weighted by Gasteiger charge is -2.20. The van der Waals surface area contributed by atoms with Gasteiger partial charge in [0.15, 0.2) is 0 Å². The first-order valence-corrected chi connectivity index (χ1v) is 5.49. The van der Waals surface area contributed by atoms with Gasteiger partial charge < -0.3 is 15.4 Å². The molecular weight excluding hydrogens is 204 g/mol. The summed E-state index contributed by atoms with van der Waals surface area (Å²) in [5.41, 5.74) is 5.62. The number of nitrogens with zero attached hydrogens (tertiary/aromatic N) is 1. The van der Waals surface area contributed by atoms with Crippen LogP contribution in [0.4, 0.5) is 0 Å². The van der Waals surface area contributed by atoms with Crippen LogP contribution in [-0.2, 0) is 14.3 Å². The summed E-state index contributed by atoms with van der Waals surface area (Å²) >= 11 is 1.63. The van der Waals surface area contributed by atoms with Crippen LogP contribution in [0.2, 0.25) is 0 Å². The summed E-state index contributed by atoms with van der Waals surface area (Å²) in [5, 5.41) is 0. The molecule has 0 aliphatic carbocycles. The second-order valence-electron chi connectivity index (χ2n) is 3.02. The Labute approximate surface area is 86.9 Å². The van der Waals surface area contributed by atoms with Gasteiger partial charge in [-0.2, -0.15) is 11.8 Å². The molecule has 1 fully saturated rings. The molecule has 1 amide bonds. The number of amides is 1. The topological polar surface area (TPSA) is 72.6 Å². The van der Waals surface area contributed by atoms with Crippen molar-refractivity contribution in [1.82, 2.24) is 4.90 Å². The Bertz CT molecular complexity index is 235. The molecule has 0 aromatic rings. The fraction of sp³-hybridized carbons (Fsp3) is 0.750. The number of hydrogen-bond acceptors (Lipinski definition) is 5. The van der Waals surface area contributed by atoms with Crippen LogP contribution in [0, 0.1) is 0 Å². The standard InChI is InChI=1S/C8H14N2O3S/c1-13-7(11)4-10-2-3-14-5-6(9)8(10)12/h6H,2-5,9H2,1H3. The van der Waals surface area contributed by atoms with Crippen molar-refractivity contribution in [2.24, 2.45) is 5.73 Å². The molecule has 1 saturated heterocycles.